The summed E-state index contributed by atoms with van der Waals surface area (Å²) in [5.41, 5.74) is -1.92. The minimum Gasteiger partial charge on any atom is -0.386 e. The van der Waals surface area contributed by atoms with Crippen LogP contribution in [-0.4, -0.2) is 0 Å². The standard InChI is InChI=1S/C8Cl4O3/c9-3-1-4(10)6(12)2(5(3)11)8(14)15-7(1)13. The third kappa shape index (κ3) is 1.42. The van der Waals surface area contributed by atoms with Gasteiger partial charge in [-0.2, -0.15) is 0 Å². The molecule has 0 unspecified atom stereocenters. The van der Waals surface area contributed by atoms with E-state index in [-0.39, 0.29) is 30.9 Å². The van der Waals surface area contributed by atoms with E-state index in [1.807, 2.05) is 0 Å². The summed E-state index contributed by atoms with van der Waals surface area (Å²) in [5.74, 6) is 0. The summed E-state index contributed by atoms with van der Waals surface area (Å²) in [6.45, 7) is 0. The average molecular weight is 286 g/mol. The van der Waals surface area contributed by atoms with Crippen molar-refractivity contribution in [2.45, 2.75) is 0 Å². The first kappa shape index (κ1) is 11.0. The van der Waals surface area contributed by atoms with Crippen LogP contribution in [0.4, 0.5) is 0 Å². The van der Waals surface area contributed by atoms with Gasteiger partial charge in [-0.15, -0.1) is 0 Å². The van der Waals surface area contributed by atoms with Crippen molar-refractivity contribution in [2.24, 2.45) is 0 Å². The fourth-order valence-electron chi connectivity index (χ4n) is 1.18. The molecule has 3 rings (SSSR count). The van der Waals surface area contributed by atoms with Gasteiger partial charge in [0.25, 0.3) is 0 Å². The van der Waals surface area contributed by atoms with E-state index < -0.39 is 11.3 Å². The smallest absolute Gasteiger partial charge is 0.349 e. The second kappa shape index (κ2) is 3.52. The Labute approximate surface area is 102 Å². The predicted octanol–water partition coefficient (Wildman–Crippen LogP) is 3.20. The summed E-state index contributed by atoms with van der Waals surface area (Å²) in [7, 11) is 0. The Bertz CT molecular complexity index is 573. The highest BCUT2D eigenvalue weighted by Gasteiger charge is 2.22. The maximum absolute atomic E-state index is 11.3. The van der Waals surface area contributed by atoms with Crippen LogP contribution >= 0.6 is 46.4 Å². The third-order valence-corrected chi connectivity index (χ3v) is 3.56. The van der Waals surface area contributed by atoms with Crippen LogP contribution in [0.3, 0.4) is 0 Å². The van der Waals surface area contributed by atoms with Crippen molar-refractivity contribution >= 4 is 57.2 Å². The summed E-state index contributed by atoms with van der Waals surface area (Å²) in [6, 6.07) is 0. The van der Waals surface area contributed by atoms with Gasteiger partial charge in [-0.05, 0) is 0 Å². The van der Waals surface area contributed by atoms with E-state index in [1.165, 1.54) is 0 Å². The van der Waals surface area contributed by atoms with E-state index in [9.17, 15) is 9.59 Å². The maximum atomic E-state index is 11.3. The van der Waals surface area contributed by atoms with Crippen LogP contribution in [-0.2, 0) is 0 Å². The molecule has 0 aliphatic heterocycles. The van der Waals surface area contributed by atoms with Gasteiger partial charge < -0.3 is 4.42 Å². The van der Waals surface area contributed by atoms with Gasteiger partial charge in [0.15, 0.2) is 0 Å². The number of fused-ring (bicyclic) bond motifs is 4. The molecule has 0 saturated carbocycles. The number of rotatable bonds is 0. The highest BCUT2D eigenvalue weighted by molar-refractivity contribution is 6.54. The molecular weight excluding hydrogens is 286 g/mol. The minimum absolute atomic E-state index is 0.128. The fourth-order valence-corrected chi connectivity index (χ4v) is 2.34. The van der Waals surface area contributed by atoms with Crippen molar-refractivity contribution < 1.29 is 4.42 Å². The van der Waals surface area contributed by atoms with Gasteiger partial charge in [-0.25, -0.2) is 9.59 Å². The lowest BCUT2D eigenvalue weighted by atomic mass is 10.2. The molecule has 7 heteroatoms. The largest absolute Gasteiger partial charge is 0.386 e. The van der Waals surface area contributed by atoms with Gasteiger partial charge in [0.05, 0.1) is 20.1 Å². The number of benzene rings is 1. The van der Waals surface area contributed by atoms with Gasteiger partial charge in [0, 0.05) is 0 Å². The van der Waals surface area contributed by atoms with E-state index in [0.29, 0.717) is 0 Å². The van der Waals surface area contributed by atoms with E-state index >= 15 is 0 Å². The Morgan fingerprint density at radius 3 is 1.20 bits per heavy atom. The molecule has 2 aromatic heterocycles. The molecule has 1 aromatic carbocycles. The molecule has 0 radical (unpaired) electrons. The third-order valence-electron chi connectivity index (χ3n) is 1.86. The highest BCUT2D eigenvalue weighted by atomic mass is 35.5. The average Bonchev–Trinajstić information content (AvgIpc) is 2.27. The first-order chi connectivity index (χ1) is 6.95. The van der Waals surface area contributed by atoms with E-state index in [0.717, 1.165) is 0 Å². The topological polar surface area (TPSA) is 47.3 Å². The Morgan fingerprint density at radius 2 is 0.933 bits per heavy atom. The Morgan fingerprint density at radius 1 is 0.667 bits per heavy atom. The summed E-state index contributed by atoms with van der Waals surface area (Å²) in [4.78, 5) is 22.7. The zero-order valence-electron chi connectivity index (χ0n) is 6.74. The summed E-state index contributed by atoms with van der Waals surface area (Å²) < 4.78 is 4.41. The van der Waals surface area contributed by atoms with Gasteiger partial charge in [-0.1, -0.05) is 46.4 Å². The zero-order valence-corrected chi connectivity index (χ0v) is 9.76. The van der Waals surface area contributed by atoms with Crippen molar-refractivity contribution in [2.75, 3.05) is 0 Å². The molecule has 0 N–H and O–H groups in total. The van der Waals surface area contributed by atoms with Crippen LogP contribution < -0.4 is 11.3 Å². The fraction of sp³-hybridized carbons (Fsp3) is 0. The Kier molecular flexibility index (Phi) is 2.59. The molecule has 2 bridgehead atoms. The minimum atomic E-state index is -0.959. The molecule has 0 amide bonds. The van der Waals surface area contributed by atoms with Crippen LogP contribution in [0.25, 0.3) is 10.8 Å². The Hall–Kier alpha value is -0.480. The van der Waals surface area contributed by atoms with Crippen molar-refractivity contribution in [1.29, 1.82) is 0 Å². The molecule has 0 saturated heterocycles. The van der Waals surface area contributed by atoms with Gasteiger partial charge in [0.1, 0.15) is 10.8 Å². The van der Waals surface area contributed by atoms with Gasteiger partial charge in [0.2, 0.25) is 0 Å². The molecule has 0 spiro atoms. The number of hydrogen-bond acceptors (Lipinski definition) is 3. The van der Waals surface area contributed by atoms with Crippen molar-refractivity contribution in [3.63, 3.8) is 0 Å². The lowest BCUT2D eigenvalue weighted by Crippen LogP contribution is -2.02. The van der Waals surface area contributed by atoms with Gasteiger partial charge >= 0.3 is 11.3 Å². The SMILES string of the molecule is O=c1oc(=O)c2c(Cl)c(Cl)c1c(Cl)c2Cl. The first-order valence-electron chi connectivity index (χ1n) is 3.57. The molecule has 0 fully saturated rings. The quantitative estimate of drug-likeness (QED) is 0.698. The lowest BCUT2D eigenvalue weighted by molar-refractivity contribution is 0.492. The lowest BCUT2D eigenvalue weighted by Gasteiger charge is -2.01. The Balaban J connectivity index is 3.39. The number of halogens is 4. The maximum Gasteiger partial charge on any atom is 0.349 e. The molecule has 0 aliphatic carbocycles. The molecule has 78 valence electrons. The van der Waals surface area contributed by atoms with Crippen LogP contribution in [0.15, 0.2) is 14.0 Å². The van der Waals surface area contributed by atoms with Crippen molar-refractivity contribution in [3.05, 3.63) is 40.9 Å². The first-order valence-corrected chi connectivity index (χ1v) is 5.08. The van der Waals surface area contributed by atoms with Crippen molar-refractivity contribution in [1.82, 2.24) is 0 Å². The van der Waals surface area contributed by atoms with Crippen molar-refractivity contribution in [3.8, 4) is 0 Å². The molecule has 3 aromatic rings. The second-order valence-corrected chi connectivity index (χ2v) is 4.19. The van der Waals surface area contributed by atoms with Crippen LogP contribution in [0.5, 0.6) is 0 Å². The number of hydrogen-bond donors (Lipinski definition) is 0. The summed E-state index contributed by atoms with van der Waals surface area (Å²) in [5, 5.41) is -0.895. The highest BCUT2D eigenvalue weighted by Crippen LogP contribution is 2.40. The molecule has 3 nitrogen and oxygen atoms in total. The molecule has 0 aliphatic rings. The molecular formula is C8Cl4O3. The van der Waals surface area contributed by atoms with Crippen LogP contribution in [0, 0.1) is 0 Å². The molecule has 15 heavy (non-hydrogen) atoms. The summed E-state index contributed by atoms with van der Waals surface area (Å²) in [6.07, 6.45) is 0. The van der Waals surface area contributed by atoms with E-state index in [1.54, 1.807) is 0 Å². The second-order valence-electron chi connectivity index (χ2n) is 2.68. The zero-order chi connectivity index (χ0) is 11.3. The predicted molar refractivity (Wildman–Crippen MR) is 60.0 cm³/mol. The molecule has 0 atom stereocenters. The van der Waals surface area contributed by atoms with Crippen LogP contribution in [0.1, 0.15) is 0 Å². The van der Waals surface area contributed by atoms with Crippen LogP contribution in [0.2, 0.25) is 20.1 Å². The normalized spacial score (nSPS) is 11.2. The summed E-state index contributed by atoms with van der Waals surface area (Å²) >= 11 is 23.0. The van der Waals surface area contributed by atoms with E-state index in [2.05, 4.69) is 4.42 Å². The monoisotopic (exact) mass is 284 g/mol. The molecule has 2 heterocycles. The van der Waals surface area contributed by atoms with E-state index in [4.69, 9.17) is 46.4 Å². The van der Waals surface area contributed by atoms with Gasteiger partial charge in [-0.3, -0.25) is 0 Å².